The maximum Gasteiger partial charge on any atom is 0.410 e. The second kappa shape index (κ2) is 6.24. The Morgan fingerprint density at radius 2 is 1.88 bits per heavy atom. The average molecular weight is 353 g/mol. The summed E-state index contributed by atoms with van der Waals surface area (Å²) >= 11 is 0. The van der Waals surface area contributed by atoms with Gasteiger partial charge in [0.15, 0.2) is 0 Å². The van der Waals surface area contributed by atoms with Crippen LogP contribution in [0.25, 0.3) is 0 Å². The van der Waals surface area contributed by atoms with Gasteiger partial charge in [0.2, 0.25) is 0 Å². The van der Waals surface area contributed by atoms with E-state index in [9.17, 15) is 18.7 Å². The minimum absolute atomic E-state index is 0.109. The number of carbonyl (C=O) groups excluding carboxylic acids is 1. The van der Waals surface area contributed by atoms with Crippen molar-refractivity contribution in [2.75, 3.05) is 0 Å². The quantitative estimate of drug-likeness (QED) is 0.880. The number of hydrogen-bond donors (Lipinski definition) is 1. The predicted molar refractivity (Wildman–Crippen MR) is 89.1 cm³/mol. The number of halogens is 2. The molecule has 2 atom stereocenters. The highest BCUT2D eigenvalue weighted by Gasteiger charge is 2.50. The van der Waals surface area contributed by atoms with Gasteiger partial charge in [-0.05, 0) is 58.1 Å². The van der Waals surface area contributed by atoms with Gasteiger partial charge in [-0.2, -0.15) is 0 Å². The van der Waals surface area contributed by atoms with Crippen molar-refractivity contribution in [2.45, 2.75) is 76.2 Å². The summed E-state index contributed by atoms with van der Waals surface area (Å²) in [7, 11) is 0. The molecule has 1 aromatic carbocycles. The number of amides is 1. The number of fused-ring (bicyclic) bond motifs is 2. The lowest BCUT2D eigenvalue weighted by atomic mass is 9.81. The maximum atomic E-state index is 13.9. The second-order valence-electron chi connectivity index (χ2n) is 8.32. The van der Waals surface area contributed by atoms with Gasteiger partial charge in [-0.25, -0.2) is 13.6 Å². The Morgan fingerprint density at radius 1 is 1.28 bits per heavy atom. The Labute approximate surface area is 146 Å². The van der Waals surface area contributed by atoms with Crippen molar-refractivity contribution in [3.63, 3.8) is 0 Å². The van der Waals surface area contributed by atoms with Crippen LogP contribution in [0.2, 0.25) is 0 Å². The summed E-state index contributed by atoms with van der Waals surface area (Å²) in [4.78, 5) is 14.2. The summed E-state index contributed by atoms with van der Waals surface area (Å²) in [5, 5.41) is 11.0. The van der Waals surface area contributed by atoms with Crippen molar-refractivity contribution in [2.24, 2.45) is 0 Å². The number of nitrogens with zero attached hydrogens (tertiary/aromatic N) is 1. The van der Waals surface area contributed by atoms with Gasteiger partial charge < -0.3 is 14.7 Å². The number of piperidine rings is 1. The van der Waals surface area contributed by atoms with Crippen LogP contribution in [-0.2, 0) is 11.2 Å². The summed E-state index contributed by atoms with van der Waals surface area (Å²) in [5.41, 5.74) is -1.36. The molecule has 25 heavy (non-hydrogen) atoms. The van der Waals surface area contributed by atoms with Gasteiger partial charge >= 0.3 is 6.09 Å². The molecule has 1 aromatic rings. The fourth-order valence-electron chi connectivity index (χ4n) is 4.10. The summed E-state index contributed by atoms with van der Waals surface area (Å²) in [5.74, 6) is -1.27. The van der Waals surface area contributed by atoms with E-state index in [2.05, 4.69) is 0 Å². The number of hydrogen-bond acceptors (Lipinski definition) is 3. The topological polar surface area (TPSA) is 49.8 Å². The first-order chi connectivity index (χ1) is 11.6. The summed E-state index contributed by atoms with van der Waals surface area (Å²) in [6.45, 7) is 5.47. The number of rotatable bonds is 2. The van der Waals surface area contributed by atoms with Crippen molar-refractivity contribution in [1.29, 1.82) is 0 Å². The normalized spacial score (nSPS) is 29.0. The Balaban J connectivity index is 1.73. The van der Waals surface area contributed by atoms with Crippen LogP contribution in [0.1, 0.15) is 52.0 Å². The third-order valence-electron chi connectivity index (χ3n) is 4.99. The standard InChI is InChI=1S/C19H25F2NO3/c1-18(2,3)25-17(23)22-14-6-7-15(22)11-19(24,10-14)9-12-4-5-13(20)8-16(12)21/h4-5,8,14-15,24H,6-7,9-11H2,1-3H3. The molecule has 2 aliphatic heterocycles. The molecule has 0 aliphatic carbocycles. The first kappa shape index (κ1) is 18.1. The van der Waals surface area contributed by atoms with Gasteiger partial charge in [0.1, 0.15) is 17.2 Å². The fraction of sp³-hybridized carbons (Fsp3) is 0.632. The molecule has 3 rings (SSSR count). The summed E-state index contributed by atoms with van der Waals surface area (Å²) in [6, 6.07) is 3.20. The third-order valence-corrected chi connectivity index (χ3v) is 4.99. The van der Waals surface area contributed by atoms with Gasteiger partial charge in [0, 0.05) is 24.6 Å². The van der Waals surface area contributed by atoms with Gasteiger partial charge in [-0.15, -0.1) is 0 Å². The van der Waals surface area contributed by atoms with E-state index in [1.807, 2.05) is 20.8 Å². The predicted octanol–water partition coefficient (Wildman–Crippen LogP) is 3.80. The van der Waals surface area contributed by atoms with Crippen LogP contribution in [0, 0.1) is 11.6 Å². The number of carbonyl (C=O) groups is 1. The molecule has 0 saturated carbocycles. The lowest BCUT2D eigenvalue weighted by molar-refractivity contribution is -0.0582. The molecule has 2 saturated heterocycles. The Kier molecular flexibility index (Phi) is 4.52. The SMILES string of the molecule is CC(C)(C)OC(=O)N1C2CCC1CC(O)(Cc1ccc(F)cc1F)C2. The smallest absolute Gasteiger partial charge is 0.410 e. The average Bonchev–Trinajstić information content (AvgIpc) is 2.74. The minimum atomic E-state index is -1.09. The van der Waals surface area contributed by atoms with E-state index in [-0.39, 0.29) is 24.6 Å². The Morgan fingerprint density at radius 3 is 2.40 bits per heavy atom. The highest BCUT2D eigenvalue weighted by atomic mass is 19.1. The molecule has 1 amide bonds. The minimum Gasteiger partial charge on any atom is -0.444 e. The molecule has 138 valence electrons. The van der Waals surface area contributed by atoms with E-state index in [4.69, 9.17) is 4.74 Å². The van der Waals surface area contributed by atoms with E-state index in [1.165, 1.54) is 12.1 Å². The van der Waals surface area contributed by atoms with E-state index in [0.717, 1.165) is 18.9 Å². The van der Waals surface area contributed by atoms with Gasteiger partial charge in [-0.3, -0.25) is 0 Å². The first-order valence-electron chi connectivity index (χ1n) is 8.74. The third kappa shape index (κ3) is 3.94. The van der Waals surface area contributed by atoms with Crippen LogP contribution < -0.4 is 0 Å². The van der Waals surface area contributed by atoms with Crippen LogP contribution >= 0.6 is 0 Å². The monoisotopic (exact) mass is 353 g/mol. The van der Waals surface area contributed by atoms with Crippen molar-refractivity contribution in [1.82, 2.24) is 4.90 Å². The van der Waals surface area contributed by atoms with Crippen molar-refractivity contribution in [3.8, 4) is 0 Å². The number of benzene rings is 1. The first-order valence-corrected chi connectivity index (χ1v) is 8.74. The summed E-state index contributed by atoms with van der Waals surface area (Å²) in [6.07, 6.45) is 2.12. The number of aliphatic hydroxyl groups is 1. The molecule has 4 nitrogen and oxygen atoms in total. The molecule has 2 fully saturated rings. The Hall–Kier alpha value is -1.69. The van der Waals surface area contributed by atoms with Crippen LogP contribution in [0.5, 0.6) is 0 Å². The van der Waals surface area contributed by atoms with Crippen molar-refractivity contribution in [3.05, 3.63) is 35.4 Å². The lowest BCUT2D eigenvalue weighted by Crippen LogP contribution is -2.55. The van der Waals surface area contributed by atoms with E-state index in [0.29, 0.717) is 18.4 Å². The van der Waals surface area contributed by atoms with Gasteiger partial charge in [-0.1, -0.05) is 6.07 Å². The highest BCUT2D eigenvalue weighted by Crippen LogP contribution is 2.43. The molecular weight excluding hydrogens is 328 g/mol. The maximum absolute atomic E-state index is 13.9. The fourth-order valence-corrected chi connectivity index (χ4v) is 4.10. The van der Waals surface area contributed by atoms with E-state index < -0.39 is 22.8 Å². The Bertz CT molecular complexity index is 657. The summed E-state index contributed by atoms with van der Waals surface area (Å²) < 4.78 is 32.5. The molecule has 0 spiro atoms. The van der Waals surface area contributed by atoms with Crippen LogP contribution in [-0.4, -0.2) is 39.4 Å². The molecule has 2 heterocycles. The van der Waals surface area contributed by atoms with Crippen LogP contribution in [0.4, 0.5) is 13.6 Å². The molecule has 6 heteroatoms. The van der Waals surface area contributed by atoms with Gasteiger partial charge in [0.25, 0.3) is 0 Å². The van der Waals surface area contributed by atoms with Crippen molar-refractivity contribution < 1.29 is 23.4 Å². The zero-order chi connectivity index (χ0) is 18.4. The molecule has 2 aliphatic rings. The van der Waals surface area contributed by atoms with Gasteiger partial charge in [0.05, 0.1) is 5.60 Å². The molecule has 0 radical (unpaired) electrons. The lowest BCUT2D eigenvalue weighted by Gasteiger charge is -2.44. The molecule has 2 bridgehead atoms. The highest BCUT2D eigenvalue weighted by molar-refractivity contribution is 5.69. The second-order valence-corrected chi connectivity index (χ2v) is 8.32. The van der Waals surface area contributed by atoms with Crippen LogP contribution in [0.15, 0.2) is 18.2 Å². The molecule has 0 aromatic heterocycles. The molecule has 1 N–H and O–H groups in total. The largest absolute Gasteiger partial charge is 0.444 e. The zero-order valence-electron chi connectivity index (χ0n) is 14.9. The van der Waals surface area contributed by atoms with E-state index >= 15 is 0 Å². The number of ether oxygens (including phenoxy) is 1. The van der Waals surface area contributed by atoms with E-state index in [1.54, 1.807) is 4.90 Å². The van der Waals surface area contributed by atoms with Crippen LogP contribution in [0.3, 0.4) is 0 Å². The zero-order valence-corrected chi connectivity index (χ0v) is 14.9. The van der Waals surface area contributed by atoms with Crippen molar-refractivity contribution >= 4 is 6.09 Å². The molecular formula is C19H25F2NO3. The molecule has 2 unspecified atom stereocenters.